The van der Waals surface area contributed by atoms with Crippen LogP contribution in [-0.4, -0.2) is 68.5 Å². The summed E-state index contributed by atoms with van der Waals surface area (Å²) in [6.07, 6.45) is 99.6. The van der Waals surface area contributed by atoms with Crippen molar-refractivity contribution in [2.24, 2.45) is 0 Å². The zero-order valence-electron chi connectivity index (χ0n) is 61.8. The summed E-state index contributed by atoms with van der Waals surface area (Å²) in [5, 5.41) is 14.2. The molecule has 0 radical (unpaired) electrons. The molecule has 3 unspecified atom stereocenters. The lowest BCUT2D eigenvalue weighted by molar-refractivity contribution is -0.870. The number of carbonyl (C=O) groups excluding carboxylic acids is 1. The molecule has 0 saturated heterocycles. The third-order valence-electron chi connectivity index (χ3n) is 18.8. The first-order valence-electron chi connectivity index (χ1n) is 40.5. The van der Waals surface area contributed by atoms with Crippen LogP contribution in [0, 0.1) is 0 Å². The minimum Gasteiger partial charge on any atom is -0.756 e. The molecule has 0 aliphatic carbocycles. The Hall–Kier alpha value is -1.54. The summed E-state index contributed by atoms with van der Waals surface area (Å²) < 4.78 is 23.6. The van der Waals surface area contributed by atoms with E-state index in [1.807, 2.05) is 21.1 Å². The average molecular weight is 1300 g/mol. The van der Waals surface area contributed by atoms with Crippen LogP contribution in [0.1, 0.15) is 418 Å². The molecule has 0 bridgehead atoms. The van der Waals surface area contributed by atoms with Crippen LogP contribution in [0.15, 0.2) is 48.6 Å². The summed E-state index contributed by atoms with van der Waals surface area (Å²) in [4.78, 5) is 25.7. The number of carbonyl (C=O) groups is 1. The van der Waals surface area contributed by atoms with E-state index >= 15 is 0 Å². The second-order valence-corrected chi connectivity index (χ2v) is 30.5. The van der Waals surface area contributed by atoms with Gasteiger partial charge in [-0.15, -0.1) is 0 Å². The molecule has 0 saturated carbocycles. The van der Waals surface area contributed by atoms with Crippen LogP contribution in [0.2, 0.25) is 0 Å². The van der Waals surface area contributed by atoms with Crippen molar-refractivity contribution in [3.05, 3.63) is 48.6 Å². The first-order valence-corrected chi connectivity index (χ1v) is 41.9. The zero-order valence-corrected chi connectivity index (χ0v) is 62.7. The van der Waals surface area contributed by atoms with Crippen molar-refractivity contribution in [3.8, 4) is 0 Å². The molecule has 0 aromatic heterocycles. The van der Waals surface area contributed by atoms with E-state index in [1.165, 1.54) is 327 Å². The Morgan fingerprint density at radius 3 is 0.978 bits per heavy atom. The molecular weight excluding hydrogens is 1140 g/mol. The monoisotopic (exact) mass is 1300 g/mol. The number of aliphatic hydroxyl groups excluding tert-OH is 1. The van der Waals surface area contributed by atoms with Crippen LogP contribution < -0.4 is 10.2 Å². The lowest BCUT2D eigenvalue weighted by Crippen LogP contribution is -2.46. The highest BCUT2D eigenvalue weighted by Crippen LogP contribution is 2.38. The Balaban J connectivity index is 3.87. The number of hydrogen-bond donors (Lipinski definition) is 2. The van der Waals surface area contributed by atoms with E-state index < -0.39 is 20.0 Å². The standard InChI is InChI=1S/C82H159N2O6P/c1-6-8-10-12-14-16-18-20-22-24-26-28-30-32-34-36-37-38-39-40-41-42-43-44-45-46-47-48-50-52-54-56-58-60-62-64-66-68-70-72-74-76-82(86)83-80(79-90-91(87,88)89-78-77-84(3,4)5)81(85)75-73-71-69-67-65-63-61-59-57-55-53-51-49-35-33-31-29-27-25-23-21-19-17-15-13-11-9-7-2/h8,10,14,16,20,22,26,28,80-81,85H,6-7,9,11-13,15,17-19,21,23-25,27,29-79H2,1-5H3,(H-,83,86,87,88)/b10-8-,16-14-,22-20-,28-26-. The lowest BCUT2D eigenvalue weighted by Gasteiger charge is -2.30. The smallest absolute Gasteiger partial charge is 0.268 e. The number of phosphoric ester groups is 1. The fourth-order valence-electron chi connectivity index (χ4n) is 12.6. The van der Waals surface area contributed by atoms with Crippen LogP contribution in [0.4, 0.5) is 0 Å². The molecule has 2 N–H and O–H groups in total. The molecule has 0 aliphatic rings. The molecule has 0 spiro atoms. The van der Waals surface area contributed by atoms with Gasteiger partial charge in [-0.25, -0.2) is 0 Å². The van der Waals surface area contributed by atoms with Gasteiger partial charge >= 0.3 is 0 Å². The van der Waals surface area contributed by atoms with E-state index in [-0.39, 0.29) is 19.1 Å². The average Bonchev–Trinajstić information content (AvgIpc) is 3.59. The van der Waals surface area contributed by atoms with E-state index in [1.54, 1.807) is 0 Å². The number of likely N-dealkylation sites (N-methyl/N-ethyl adjacent to an activating group) is 1. The zero-order chi connectivity index (χ0) is 66.2. The van der Waals surface area contributed by atoms with E-state index in [0.717, 1.165) is 64.2 Å². The molecule has 0 aromatic rings. The first-order chi connectivity index (χ1) is 44.5. The normalized spacial score (nSPS) is 13.7. The topological polar surface area (TPSA) is 108 Å². The Kier molecular flexibility index (Phi) is 71.5. The van der Waals surface area contributed by atoms with Crippen molar-refractivity contribution in [3.63, 3.8) is 0 Å². The number of hydrogen-bond acceptors (Lipinski definition) is 6. The van der Waals surface area contributed by atoms with Gasteiger partial charge in [0.25, 0.3) is 7.82 Å². The number of nitrogens with zero attached hydrogens (tertiary/aromatic N) is 1. The fraction of sp³-hybridized carbons (Fsp3) is 0.890. The number of aliphatic hydroxyl groups is 1. The SMILES string of the molecule is CC/C=C\C/C=C\C/C=C\C/C=C\CCCCCCCCCCCCCCCCCCCCCCCCCCCCCCC(=O)NC(COP(=O)([O-])OCC[N+](C)(C)C)C(O)CCCCCCCCCCCCCCCCCCCCCCCCCCCCCC. The van der Waals surface area contributed by atoms with Crippen LogP contribution in [0.25, 0.3) is 0 Å². The highest BCUT2D eigenvalue weighted by molar-refractivity contribution is 7.45. The molecule has 0 rings (SSSR count). The molecule has 0 heterocycles. The van der Waals surface area contributed by atoms with E-state index in [9.17, 15) is 19.4 Å². The molecule has 538 valence electrons. The molecule has 0 fully saturated rings. The number of phosphoric acid groups is 1. The van der Waals surface area contributed by atoms with Crippen molar-refractivity contribution in [2.45, 2.75) is 431 Å². The van der Waals surface area contributed by atoms with Crippen LogP contribution in [-0.2, 0) is 18.4 Å². The summed E-state index contributed by atoms with van der Waals surface area (Å²) in [5.41, 5.74) is 0. The van der Waals surface area contributed by atoms with Gasteiger partial charge < -0.3 is 28.8 Å². The van der Waals surface area contributed by atoms with Crippen molar-refractivity contribution in [2.75, 3.05) is 40.9 Å². The van der Waals surface area contributed by atoms with Gasteiger partial charge in [0.1, 0.15) is 13.2 Å². The molecule has 1 amide bonds. The van der Waals surface area contributed by atoms with E-state index in [2.05, 4.69) is 67.8 Å². The molecule has 91 heavy (non-hydrogen) atoms. The van der Waals surface area contributed by atoms with Gasteiger partial charge in [0.2, 0.25) is 5.91 Å². The number of allylic oxidation sites excluding steroid dienone is 8. The van der Waals surface area contributed by atoms with Crippen LogP contribution >= 0.6 is 7.82 Å². The quantitative estimate of drug-likeness (QED) is 0.0272. The number of rotatable bonds is 76. The van der Waals surface area contributed by atoms with E-state index in [0.29, 0.717) is 23.9 Å². The third kappa shape index (κ3) is 75.7. The number of amides is 1. The van der Waals surface area contributed by atoms with Crippen molar-refractivity contribution < 1.29 is 32.9 Å². The predicted octanol–water partition coefficient (Wildman–Crippen LogP) is 25.9. The largest absolute Gasteiger partial charge is 0.756 e. The van der Waals surface area contributed by atoms with Gasteiger partial charge in [-0.05, 0) is 51.4 Å². The Labute approximate surface area is 569 Å². The van der Waals surface area contributed by atoms with Crippen molar-refractivity contribution in [1.82, 2.24) is 5.32 Å². The maximum Gasteiger partial charge on any atom is 0.268 e. The van der Waals surface area contributed by atoms with Gasteiger partial charge in [0, 0.05) is 6.42 Å². The minimum atomic E-state index is -4.58. The highest BCUT2D eigenvalue weighted by atomic mass is 31.2. The second-order valence-electron chi connectivity index (χ2n) is 29.1. The molecule has 0 aromatic carbocycles. The van der Waals surface area contributed by atoms with Gasteiger partial charge in [-0.2, -0.15) is 0 Å². The van der Waals surface area contributed by atoms with Crippen molar-refractivity contribution >= 4 is 13.7 Å². The summed E-state index contributed by atoms with van der Waals surface area (Å²) in [7, 11) is 1.33. The first kappa shape index (κ1) is 89.5. The fourth-order valence-corrected chi connectivity index (χ4v) is 13.4. The van der Waals surface area contributed by atoms with Gasteiger partial charge in [0.15, 0.2) is 0 Å². The molecule has 3 atom stereocenters. The van der Waals surface area contributed by atoms with E-state index in [4.69, 9.17) is 9.05 Å². The van der Waals surface area contributed by atoms with Gasteiger partial charge in [-0.1, -0.05) is 409 Å². The predicted molar refractivity (Wildman–Crippen MR) is 399 cm³/mol. The van der Waals surface area contributed by atoms with Crippen LogP contribution in [0.3, 0.4) is 0 Å². The minimum absolute atomic E-state index is 0.0151. The second kappa shape index (κ2) is 72.7. The van der Waals surface area contributed by atoms with Gasteiger partial charge in [0.05, 0.1) is 39.9 Å². The molecular formula is C82H159N2O6P. The molecule has 9 heteroatoms. The highest BCUT2D eigenvalue weighted by Gasteiger charge is 2.24. The molecule has 0 aliphatic heterocycles. The lowest BCUT2D eigenvalue weighted by atomic mass is 10.0. The Morgan fingerprint density at radius 2 is 0.670 bits per heavy atom. The van der Waals surface area contributed by atoms with Crippen molar-refractivity contribution in [1.29, 1.82) is 0 Å². The van der Waals surface area contributed by atoms with Crippen LogP contribution in [0.5, 0.6) is 0 Å². The number of quaternary nitrogens is 1. The summed E-state index contributed by atoms with van der Waals surface area (Å²) in [5.74, 6) is -0.154. The van der Waals surface area contributed by atoms with Gasteiger partial charge in [-0.3, -0.25) is 9.36 Å². The number of nitrogens with one attached hydrogen (secondary N) is 1. The summed E-state index contributed by atoms with van der Waals surface area (Å²) >= 11 is 0. The maximum atomic E-state index is 13.1. The third-order valence-corrected chi connectivity index (χ3v) is 19.8. The maximum absolute atomic E-state index is 13.1. The summed E-state index contributed by atoms with van der Waals surface area (Å²) in [6, 6.07) is -0.801. The number of unbranched alkanes of at least 4 members (excludes halogenated alkanes) is 55. The Bertz CT molecular complexity index is 1630. The Morgan fingerprint density at radius 1 is 0.396 bits per heavy atom. The summed E-state index contributed by atoms with van der Waals surface area (Å²) in [6.45, 7) is 4.68. The molecule has 8 nitrogen and oxygen atoms in total.